The van der Waals surface area contributed by atoms with Gasteiger partial charge in [0.25, 0.3) is 0 Å². The molecule has 0 spiro atoms. The van der Waals surface area contributed by atoms with E-state index < -0.39 is 161 Å². The molecular formula is C76H100N16O15S. The van der Waals surface area contributed by atoms with Crippen LogP contribution in [0.4, 0.5) is 0 Å². The van der Waals surface area contributed by atoms with E-state index in [1.807, 2.05) is 26.0 Å². The number of phenols is 2. The van der Waals surface area contributed by atoms with Gasteiger partial charge in [0.05, 0.1) is 5.75 Å². The molecule has 6 aromatic rings. The van der Waals surface area contributed by atoms with Crippen molar-refractivity contribution in [1.82, 2.24) is 68.0 Å². The molecule has 0 radical (unpaired) electrons. The van der Waals surface area contributed by atoms with Gasteiger partial charge in [-0.05, 0) is 129 Å². The summed E-state index contributed by atoms with van der Waals surface area (Å²) in [5, 5.41) is 49.3. The number of aromatic amines is 2. The van der Waals surface area contributed by atoms with Crippen LogP contribution in [0.5, 0.6) is 11.5 Å². The largest absolute Gasteiger partial charge is 0.508 e. The molecule has 0 bridgehead atoms. The van der Waals surface area contributed by atoms with Crippen LogP contribution in [-0.2, 0) is 88.0 Å². The molecule has 13 amide bonds. The topological polar surface area (TPSA) is 496 Å². The predicted octanol–water partition coefficient (Wildman–Crippen LogP) is 0.909. The number of carbonyl (C=O) groups excluding carboxylic acids is 13. The number of hydrogen-bond acceptors (Lipinski definition) is 17. The molecule has 32 heteroatoms. The molecule has 2 aliphatic heterocycles. The second kappa shape index (κ2) is 39.5. The summed E-state index contributed by atoms with van der Waals surface area (Å²) in [7, 11) is 0. The maximum absolute atomic E-state index is 15.3. The maximum atomic E-state index is 15.3. The van der Waals surface area contributed by atoms with E-state index in [1.165, 1.54) is 60.4 Å². The number of phenolic OH excluding ortho intramolecular Hbond substituents is 2. The summed E-state index contributed by atoms with van der Waals surface area (Å²) in [6.45, 7) is 8.62. The Balaban J connectivity index is 1.17. The number of benzene rings is 4. The third kappa shape index (κ3) is 23.5. The normalized spacial score (nSPS) is 23.9. The second-order valence-corrected chi connectivity index (χ2v) is 29.1. The number of fused-ring (bicyclic) bond motifs is 3. The van der Waals surface area contributed by atoms with Crippen LogP contribution in [0, 0.1) is 11.8 Å². The number of hydrogen-bond donors (Lipinski definition) is 17. The fraction of sp³-hybridized carbons (Fsp3) is 0.461. The van der Waals surface area contributed by atoms with Crippen LogP contribution >= 0.6 is 11.8 Å². The highest BCUT2D eigenvalue weighted by Crippen LogP contribution is 2.25. The minimum atomic E-state index is -1.55. The summed E-state index contributed by atoms with van der Waals surface area (Å²) >= 11 is 0.854. The molecular weight excluding hydrogens is 1410 g/mol. The van der Waals surface area contributed by atoms with Gasteiger partial charge in [-0.2, -0.15) is 0 Å². The lowest BCUT2D eigenvalue weighted by atomic mass is 9.96. The van der Waals surface area contributed by atoms with E-state index in [4.69, 9.17) is 17.2 Å². The van der Waals surface area contributed by atoms with Crippen LogP contribution in [-0.4, -0.2) is 193 Å². The Labute approximate surface area is 629 Å². The molecule has 20 N–H and O–H groups in total. The van der Waals surface area contributed by atoms with E-state index in [-0.39, 0.29) is 100 Å². The number of unbranched alkanes of at least 4 members (excludes halogenated alkanes) is 1. The Morgan fingerprint density at radius 3 is 1.56 bits per heavy atom. The van der Waals surface area contributed by atoms with Crippen molar-refractivity contribution in [1.29, 1.82) is 0 Å². The Bertz CT molecular complexity index is 4190. The smallest absolute Gasteiger partial charge is 0.245 e. The molecule has 2 aromatic heterocycles. The number of amides is 13. The zero-order chi connectivity index (χ0) is 78.3. The highest BCUT2D eigenvalue weighted by atomic mass is 32.2. The third-order valence-electron chi connectivity index (χ3n) is 19.3. The molecule has 0 unspecified atom stereocenters. The van der Waals surface area contributed by atoms with Crippen molar-refractivity contribution in [3.63, 3.8) is 0 Å². The Kier molecular flexibility index (Phi) is 30.3. The number of thioether (sulfide) groups is 1. The molecule has 2 aliphatic rings. The van der Waals surface area contributed by atoms with Gasteiger partial charge in [0.15, 0.2) is 0 Å². The van der Waals surface area contributed by atoms with Gasteiger partial charge in [-0.1, -0.05) is 94.8 Å². The summed E-state index contributed by atoms with van der Waals surface area (Å²) in [6.07, 6.45) is 3.00. The number of nitrogens with one attached hydrogen (secondary N) is 12. The highest BCUT2D eigenvalue weighted by Gasteiger charge is 2.42. The number of aromatic nitrogens is 2. The molecule has 31 nitrogen and oxygen atoms in total. The number of nitrogens with zero attached hydrogens (tertiary/aromatic N) is 1. The summed E-state index contributed by atoms with van der Waals surface area (Å²) in [6, 6.07) is 10.3. The van der Waals surface area contributed by atoms with Gasteiger partial charge in [-0.3, -0.25) is 62.3 Å². The van der Waals surface area contributed by atoms with Crippen LogP contribution in [0.2, 0.25) is 0 Å². The van der Waals surface area contributed by atoms with E-state index >= 15 is 14.4 Å². The quantitative estimate of drug-likeness (QED) is 0.0472. The number of aromatic hydroxyl groups is 2. The lowest BCUT2D eigenvalue weighted by Gasteiger charge is -2.31. The first-order chi connectivity index (χ1) is 51.6. The highest BCUT2D eigenvalue weighted by molar-refractivity contribution is 8.00. The monoisotopic (exact) mass is 1510 g/mol. The minimum Gasteiger partial charge on any atom is -0.508 e. The Morgan fingerprint density at radius 1 is 0.537 bits per heavy atom. The zero-order valence-corrected chi connectivity index (χ0v) is 62.0. The number of para-hydroxylation sites is 2. The van der Waals surface area contributed by atoms with Crippen molar-refractivity contribution in [2.24, 2.45) is 29.0 Å². The number of rotatable bonds is 20. The lowest BCUT2D eigenvalue weighted by Crippen LogP contribution is -2.61. The van der Waals surface area contributed by atoms with E-state index in [1.54, 1.807) is 62.6 Å². The minimum absolute atomic E-state index is 0.0160. The Hall–Kier alpha value is -11.0. The molecule has 8 rings (SSSR count). The molecule has 12 atom stereocenters. The van der Waals surface area contributed by atoms with Gasteiger partial charge < -0.3 is 95.4 Å². The molecule has 108 heavy (non-hydrogen) atoms. The number of nitrogens with two attached hydrogens (primary N) is 3. The van der Waals surface area contributed by atoms with Crippen LogP contribution in [0.15, 0.2) is 109 Å². The molecule has 580 valence electrons. The van der Waals surface area contributed by atoms with Gasteiger partial charge in [0, 0.05) is 78.6 Å². The number of primary amides is 2. The van der Waals surface area contributed by atoms with Gasteiger partial charge in [0.2, 0.25) is 76.8 Å². The van der Waals surface area contributed by atoms with Crippen LogP contribution in [0.3, 0.4) is 0 Å². The second-order valence-electron chi connectivity index (χ2n) is 28.0. The third-order valence-corrected chi connectivity index (χ3v) is 20.3. The van der Waals surface area contributed by atoms with Gasteiger partial charge in [-0.15, -0.1) is 11.8 Å². The zero-order valence-electron chi connectivity index (χ0n) is 61.2. The molecule has 2 saturated heterocycles. The van der Waals surface area contributed by atoms with Crippen molar-refractivity contribution >= 4 is 110 Å². The van der Waals surface area contributed by atoms with Crippen molar-refractivity contribution < 1.29 is 72.5 Å². The fourth-order valence-electron chi connectivity index (χ4n) is 13.1. The van der Waals surface area contributed by atoms with Crippen molar-refractivity contribution in [3.8, 4) is 11.5 Å². The van der Waals surface area contributed by atoms with Crippen LogP contribution in [0.25, 0.3) is 21.8 Å². The predicted molar refractivity (Wildman–Crippen MR) is 404 cm³/mol. The molecule has 4 heterocycles. The first-order valence-electron chi connectivity index (χ1n) is 36.4. The van der Waals surface area contributed by atoms with Gasteiger partial charge in [-0.25, -0.2) is 0 Å². The molecule has 2 fully saturated rings. The summed E-state index contributed by atoms with van der Waals surface area (Å²) in [5.41, 5.74) is 20.9. The number of H-pyrrole nitrogens is 2. The summed E-state index contributed by atoms with van der Waals surface area (Å²) in [4.78, 5) is 196. The molecule has 0 aliphatic carbocycles. The standard InChI is InChI=1S/C76H100N16O15S/c1-6-42(4)65-75(106)82-43(5)67(98)86-59(35-46-37-80-52-16-9-7-14-50(46)52)72(103)90-61(66(79)97)39-108-40-64(96)83-57(33-44-20-24-48(93)25-21-44)69(100)84-54(18-11-12-30-77)68(99)85-55(28-29-63(78)95)76(107)92-31-13-19-62(92)74(105)89-58(34-45-22-26-49(94)27-23-45)70(101)88-60(36-47-38-81-53-17-10-8-15-51(47)53)71(102)87-56(32-41(2)3)73(104)91-65/h7-10,14-17,20-27,37-38,41-43,54-62,65,80-81,93-94H,6,11-13,18-19,28-36,39-40,77H2,1-5H3,(H2,78,95)(H2,79,97)(H,82,106)(H,83,96)(H,84,100)(H,85,99)(H,86,98)(H,87,102)(H,88,101)(H,89,105)(H,90,103)(H,91,104)/t42-,43-,54-,55-,56-,57-,58-,59-,60-,61-,62-,65-/m0/s1. The van der Waals surface area contributed by atoms with Gasteiger partial charge >= 0.3 is 0 Å². The van der Waals surface area contributed by atoms with E-state index in [0.29, 0.717) is 56.9 Å². The first kappa shape index (κ1) is 82.6. The van der Waals surface area contributed by atoms with E-state index in [2.05, 4.69) is 63.1 Å². The van der Waals surface area contributed by atoms with E-state index in [0.717, 1.165) is 11.8 Å². The van der Waals surface area contributed by atoms with Crippen molar-refractivity contribution in [3.05, 3.63) is 132 Å². The van der Waals surface area contributed by atoms with Gasteiger partial charge in [0.1, 0.15) is 78.0 Å². The molecule has 0 saturated carbocycles. The fourth-order valence-corrected chi connectivity index (χ4v) is 13.9. The average Bonchev–Trinajstić information content (AvgIpc) is 1.64. The summed E-state index contributed by atoms with van der Waals surface area (Å²) in [5.74, 6) is -12.9. The first-order valence-corrected chi connectivity index (χ1v) is 37.6. The number of carbonyl (C=O) groups is 13. The van der Waals surface area contributed by atoms with Crippen molar-refractivity contribution in [2.75, 3.05) is 24.6 Å². The van der Waals surface area contributed by atoms with Crippen LogP contribution < -0.4 is 70.4 Å². The lowest BCUT2D eigenvalue weighted by molar-refractivity contribution is -0.143. The van der Waals surface area contributed by atoms with Crippen molar-refractivity contribution in [2.45, 2.75) is 185 Å². The summed E-state index contributed by atoms with van der Waals surface area (Å²) < 4.78 is 0. The van der Waals surface area contributed by atoms with E-state index in [9.17, 15) is 58.2 Å². The SMILES string of the molecule is CC[C@H](C)[C@@H]1NC(=O)[C@H](CC(C)C)NC(=O)[C@H](Cc2c[nH]c3ccccc23)NC(=O)[C@H](Cc2ccc(O)cc2)NC(=O)[C@@H]2CCCN2C(=O)[C@H](CCC(N)=O)NC(=O)[C@H](CCCCN)NC(=O)[C@H](Cc2ccc(O)cc2)NC(=O)CSC[C@@H](C(N)=O)NC(=O)[C@H](Cc2c[nH]c3ccccc23)NC(=O)[C@H](C)NC1=O. The maximum Gasteiger partial charge on any atom is 0.245 e. The average molecular weight is 1510 g/mol. The van der Waals surface area contributed by atoms with Crippen LogP contribution in [0.1, 0.15) is 115 Å². The molecule has 4 aromatic carbocycles. The Morgan fingerprint density at radius 2 is 1.02 bits per heavy atom.